The van der Waals surface area contributed by atoms with Crippen molar-refractivity contribution >= 4 is 11.9 Å². The molecule has 0 spiro atoms. The van der Waals surface area contributed by atoms with Gasteiger partial charge < -0.3 is 9.47 Å². The zero-order valence-electron chi connectivity index (χ0n) is 16.3. The molecule has 138 valence electrons. The predicted molar refractivity (Wildman–Crippen MR) is 112 cm³/mol. The third-order valence-corrected chi connectivity index (χ3v) is 4.63. The van der Waals surface area contributed by atoms with Crippen LogP contribution in [0.3, 0.4) is 0 Å². The Hall–Kier alpha value is -3.07. The Morgan fingerprint density at radius 2 is 1.67 bits per heavy atom. The van der Waals surface area contributed by atoms with Gasteiger partial charge >= 0.3 is 0 Å². The van der Waals surface area contributed by atoms with Crippen LogP contribution >= 0.6 is 0 Å². The molecule has 0 N–H and O–H groups in total. The highest BCUT2D eigenvalue weighted by atomic mass is 16.5. The summed E-state index contributed by atoms with van der Waals surface area (Å²) in [7, 11) is 1.65. The van der Waals surface area contributed by atoms with Crippen molar-refractivity contribution in [1.29, 1.82) is 0 Å². The minimum Gasteiger partial charge on any atom is -0.493 e. The maximum atomic E-state index is 5.94. The fourth-order valence-electron chi connectivity index (χ4n) is 2.75. The van der Waals surface area contributed by atoms with Crippen LogP contribution in [-0.2, 0) is 6.61 Å². The predicted octanol–water partition coefficient (Wildman–Crippen LogP) is 5.95. The van der Waals surface area contributed by atoms with E-state index in [9.17, 15) is 0 Å². The summed E-state index contributed by atoms with van der Waals surface area (Å²) < 4.78 is 11.4. The van der Waals surface area contributed by atoms with Gasteiger partial charge in [0.15, 0.2) is 11.5 Å². The van der Waals surface area contributed by atoms with Crippen LogP contribution in [0, 0.1) is 20.8 Å². The topological polar surface area (TPSA) is 30.8 Å². The molecule has 3 aromatic rings. The van der Waals surface area contributed by atoms with E-state index in [4.69, 9.17) is 9.47 Å². The second kappa shape index (κ2) is 8.54. The van der Waals surface area contributed by atoms with Gasteiger partial charge in [0.05, 0.1) is 12.8 Å². The van der Waals surface area contributed by atoms with E-state index in [1.807, 2.05) is 36.5 Å². The zero-order valence-corrected chi connectivity index (χ0v) is 16.3. The molecule has 0 heterocycles. The fourth-order valence-corrected chi connectivity index (χ4v) is 2.75. The Morgan fingerprint density at radius 3 is 2.41 bits per heavy atom. The Morgan fingerprint density at radius 1 is 0.889 bits per heavy atom. The number of nitrogens with zero attached hydrogens (tertiary/aromatic N) is 1. The Kier molecular flexibility index (Phi) is 5.92. The minimum atomic E-state index is 0.507. The van der Waals surface area contributed by atoms with E-state index in [1.165, 1.54) is 16.7 Å². The van der Waals surface area contributed by atoms with Gasteiger partial charge in [0, 0.05) is 6.21 Å². The van der Waals surface area contributed by atoms with Gasteiger partial charge in [-0.25, -0.2) is 0 Å². The molecular formula is C24H25NO2. The smallest absolute Gasteiger partial charge is 0.161 e. The number of benzene rings is 3. The molecule has 0 radical (unpaired) electrons. The van der Waals surface area contributed by atoms with Crippen molar-refractivity contribution < 1.29 is 9.47 Å². The molecule has 0 atom stereocenters. The van der Waals surface area contributed by atoms with Crippen molar-refractivity contribution in [1.82, 2.24) is 0 Å². The van der Waals surface area contributed by atoms with Gasteiger partial charge in [0.2, 0.25) is 0 Å². The highest BCUT2D eigenvalue weighted by Gasteiger charge is 2.06. The van der Waals surface area contributed by atoms with Gasteiger partial charge in [-0.05, 0) is 67.3 Å². The first-order chi connectivity index (χ1) is 13.1. The number of ether oxygens (including phenoxy) is 2. The summed E-state index contributed by atoms with van der Waals surface area (Å²) in [6.07, 6.45) is 1.86. The summed E-state index contributed by atoms with van der Waals surface area (Å²) in [5, 5.41) is 0. The van der Waals surface area contributed by atoms with Crippen LogP contribution in [0.5, 0.6) is 11.5 Å². The Balaban J connectivity index is 1.74. The van der Waals surface area contributed by atoms with Crippen molar-refractivity contribution in [2.24, 2.45) is 4.99 Å². The lowest BCUT2D eigenvalue weighted by atomic mass is 10.1. The maximum absolute atomic E-state index is 5.94. The molecule has 0 amide bonds. The summed E-state index contributed by atoms with van der Waals surface area (Å²) in [6.45, 7) is 6.76. The highest BCUT2D eigenvalue weighted by molar-refractivity contribution is 5.83. The third kappa shape index (κ3) is 4.76. The summed E-state index contributed by atoms with van der Waals surface area (Å²) in [5.41, 5.74) is 6.75. The second-order valence-electron chi connectivity index (χ2n) is 6.66. The largest absolute Gasteiger partial charge is 0.493 e. The van der Waals surface area contributed by atoms with Crippen LogP contribution in [0.2, 0.25) is 0 Å². The molecule has 3 nitrogen and oxygen atoms in total. The first-order valence-electron chi connectivity index (χ1n) is 9.03. The molecule has 0 fully saturated rings. The zero-order chi connectivity index (χ0) is 19.2. The van der Waals surface area contributed by atoms with Crippen LogP contribution < -0.4 is 9.47 Å². The van der Waals surface area contributed by atoms with Crippen LogP contribution in [-0.4, -0.2) is 13.3 Å². The Bertz CT molecular complexity index is 943. The van der Waals surface area contributed by atoms with Crippen molar-refractivity contribution in [2.75, 3.05) is 7.11 Å². The molecule has 0 aromatic heterocycles. The van der Waals surface area contributed by atoms with Gasteiger partial charge in [-0.1, -0.05) is 42.0 Å². The third-order valence-electron chi connectivity index (χ3n) is 4.63. The Labute approximate surface area is 161 Å². The maximum Gasteiger partial charge on any atom is 0.161 e. The van der Waals surface area contributed by atoms with E-state index in [-0.39, 0.29) is 0 Å². The molecule has 3 aromatic carbocycles. The average Bonchev–Trinajstić information content (AvgIpc) is 2.69. The molecule has 0 aliphatic rings. The molecule has 3 rings (SSSR count). The standard InChI is InChI=1S/C24H25NO2/c1-17-8-10-20(11-9-17)16-27-23-13-12-21(14-24(23)26-4)15-25-22-7-5-6-18(2)19(22)3/h5-15H,16H2,1-4H3. The van der Waals surface area contributed by atoms with Gasteiger partial charge in [0.25, 0.3) is 0 Å². The van der Waals surface area contributed by atoms with Crippen molar-refractivity contribution in [3.05, 3.63) is 88.5 Å². The van der Waals surface area contributed by atoms with E-state index < -0.39 is 0 Å². The lowest BCUT2D eigenvalue weighted by Crippen LogP contribution is -1.98. The summed E-state index contributed by atoms with van der Waals surface area (Å²) in [5.74, 6) is 1.42. The highest BCUT2D eigenvalue weighted by Crippen LogP contribution is 2.29. The molecule has 0 aliphatic heterocycles. The van der Waals surface area contributed by atoms with E-state index in [1.54, 1.807) is 7.11 Å². The first-order valence-corrected chi connectivity index (χ1v) is 9.03. The van der Waals surface area contributed by atoms with Crippen LogP contribution in [0.15, 0.2) is 65.7 Å². The average molecular weight is 359 g/mol. The molecule has 0 unspecified atom stereocenters. The van der Waals surface area contributed by atoms with Crippen molar-refractivity contribution in [3.63, 3.8) is 0 Å². The number of rotatable bonds is 6. The minimum absolute atomic E-state index is 0.507. The van der Waals surface area contributed by atoms with Gasteiger partial charge in [-0.2, -0.15) is 0 Å². The summed E-state index contributed by atoms with van der Waals surface area (Å²) in [4.78, 5) is 4.62. The molecular weight excluding hydrogens is 334 g/mol. The molecule has 27 heavy (non-hydrogen) atoms. The molecule has 3 heteroatoms. The molecule has 0 saturated heterocycles. The fraction of sp³-hybridized carbons (Fsp3) is 0.208. The van der Waals surface area contributed by atoms with Gasteiger partial charge in [0.1, 0.15) is 6.61 Å². The monoisotopic (exact) mass is 359 g/mol. The van der Waals surface area contributed by atoms with Crippen molar-refractivity contribution in [3.8, 4) is 11.5 Å². The van der Waals surface area contributed by atoms with E-state index in [2.05, 4.69) is 56.1 Å². The summed E-state index contributed by atoms with van der Waals surface area (Å²) in [6, 6.07) is 20.3. The number of methoxy groups -OCH3 is 1. The van der Waals surface area contributed by atoms with E-state index in [0.717, 1.165) is 22.6 Å². The number of aryl methyl sites for hydroxylation is 2. The van der Waals surface area contributed by atoms with Gasteiger partial charge in [-0.3, -0.25) is 4.99 Å². The van der Waals surface area contributed by atoms with Crippen LogP contribution in [0.4, 0.5) is 5.69 Å². The lowest BCUT2D eigenvalue weighted by Gasteiger charge is -2.11. The van der Waals surface area contributed by atoms with Gasteiger partial charge in [-0.15, -0.1) is 0 Å². The first kappa shape index (κ1) is 18.7. The number of hydrogen-bond acceptors (Lipinski definition) is 3. The van der Waals surface area contributed by atoms with Crippen LogP contribution in [0.25, 0.3) is 0 Å². The quantitative estimate of drug-likeness (QED) is 0.509. The van der Waals surface area contributed by atoms with Crippen molar-refractivity contribution in [2.45, 2.75) is 27.4 Å². The second-order valence-corrected chi connectivity index (χ2v) is 6.66. The number of aliphatic imine (C=N–C) groups is 1. The lowest BCUT2D eigenvalue weighted by molar-refractivity contribution is 0.284. The molecule has 0 saturated carbocycles. The number of hydrogen-bond donors (Lipinski definition) is 0. The van der Waals surface area contributed by atoms with E-state index >= 15 is 0 Å². The summed E-state index contributed by atoms with van der Waals surface area (Å²) >= 11 is 0. The SMILES string of the molecule is COc1cc(C=Nc2cccc(C)c2C)ccc1OCc1ccc(C)cc1. The van der Waals surface area contributed by atoms with E-state index in [0.29, 0.717) is 12.4 Å². The normalized spacial score (nSPS) is 11.0. The van der Waals surface area contributed by atoms with Crippen LogP contribution in [0.1, 0.15) is 27.8 Å². The molecule has 0 bridgehead atoms. The molecule has 0 aliphatic carbocycles.